The third-order valence-corrected chi connectivity index (χ3v) is 3.90. The van der Waals surface area contributed by atoms with Crippen LogP contribution in [-0.4, -0.2) is 35.3 Å². The fourth-order valence-electron chi connectivity index (χ4n) is 2.42. The van der Waals surface area contributed by atoms with Gasteiger partial charge in [0.1, 0.15) is 0 Å². The predicted octanol–water partition coefficient (Wildman–Crippen LogP) is 0.837. The molecule has 0 aromatic rings. The van der Waals surface area contributed by atoms with Crippen molar-refractivity contribution in [2.24, 2.45) is 17.8 Å². The second-order valence-corrected chi connectivity index (χ2v) is 4.84. The molecule has 0 aromatic carbocycles. The number of ether oxygens (including phenoxy) is 1. The third-order valence-electron chi connectivity index (χ3n) is 3.90. The average Bonchev–Trinajstić information content (AvgIpc) is 2.21. The van der Waals surface area contributed by atoms with Gasteiger partial charge in [-0.05, 0) is 17.8 Å². The highest BCUT2D eigenvalue weighted by Crippen LogP contribution is 2.36. The van der Waals surface area contributed by atoms with E-state index in [9.17, 15) is 4.48 Å². The molecule has 0 unspecified atom stereocenters. The van der Waals surface area contributed by atoms with Gasteiger partial charge in [0.25, 0.3) is 0 Å². The summed E-state index contributed by atoms with van der Waals surface area (Å²) in [6.07, 6.45) is -1.61. The van der Waals surface area contributed by atoms with Crippen LogP contribution >= 0.6 is 0 Å². The molecule has 5 heteroatoms. The summed E-state index contributed by atoms with van der Waals surface area (Å²) in [6, 6.07) is 0. The van der Waals surface area contributed by atoms with Gasteiger partial charge in [0.2, 0.25) is 0 Å². The fourth-order valence-corrected chi connectivity index (χ4v) is 2.42. The van der Waals surface area contributed by atoms with Gasteiger partial charge in [-0.15, -0.1) is 4.48 Å². The summed E-state index contributed by atoms with van der Waals surface area (Å²) >= 11 is 0. The maximum atomic E-state index is 12.1. The van der Waals surface area contributed by atoms with Gasteiger partial charge in [-0.3, -0.25) is 0 Å². The molecule has 3 N–H and O–H groups in total. The molecule has 0 saturated carbocycles. The number of halogens is 1. The van der Waals surface area contributed by atoms with E-state index in [1.165, 1.54) is 0 Å². The molecule has 1 heterocycles. The van der Waals surface area contributed by atoms with Crippen LogP contribution in [0.15, 0.2) is 0 Å². The van der Waals surface area contributed by atoms with Crippen molar-refractivity contribution in [2.75, 3.05) is 6.54 Å². The smallest absolute Gasteiger partial charge is 0.153 e. The Hall–Kier alpha value is -0.230. The summed E-state index contributed by atoms with van der Waals surface area (Å²) in [4.78, 5) is 0. The molecule has 0 amide bonds. The molecular weight excluding hydrogens is 213 g/mol. The van der Waals surface area contributed by atoms with Crippen molar-refractivity contribution in [1.29, 1.82) is 0 Å². The number of nitrogens with one attached hydrogen (secondary N) is 1. The maximum Gasteiger partial charge on any atom is 0.153 e. The summed E-state index contributed by atoms with van der Waals surface area (Å²) in [5.74, 6) is 0.869. The first-order valence-electron chi connectivity index (χ1n) is 5.82. The molecule has 0 radical (unpaired) electrons. The average molecular weight is 235 g/mol. The van der Waals surface area contributed by atoms with Crippen molar-refractivity contribution < 1.29 is 19.4 Å². The standard InChI is InChI=1S/C11H22FNO3/c1-6-7(2)9(4-11(14)15)16-10(5-13-12)8(6)3/h6-11,13-15H,4-5H2,1-3H3/t6-,7-,8+,9+,10+/m0/s1. The molecule has 4 nitrogen and oxygen atoms in total. The van der Waals surface area contributed by atoms with Crippen molar-refractivity contribution in [3.63, 3.8) is 0 Å². The molecule has 1 rings (SSSR count). The molecular formula is C11H22FNO3. The van der Waals surface area contributed by atoms with E-state index in [2.05, 4.69) is 6.92 Å². The monoisotopic (exact) mass is 235 g/mol. The number of hydrogen-bond donors (Lipinski definition) is 3. The second kappa shape index (κ2) is 5.91. The first-order chi connectivity index (χ1) is 7.47. The highest BCUT2D eigenvalue weighted by atomic mass is 19.2. The summed E-state index contributed by atoms with van der Waals surface area (Å²) in [5.41, 5.74) is 1.63. The van der Waals surface area contributed by atoms with Gasteiger partial charge in [-0.25, -0.2) is 0 Å². The SMILES string of the molecule is C[C@@H]1[C@@H](C)[C@@H](CNF)O[C@H](CC(O)O)[C@H]1C. The largest absolute Gasteiger partial charge is 0.373 e. The van der Waals surface area contributed by atoms with E-state index in [1.807, 2.05) is 13.8 Å². The lowest BCUT2D eigenvalue weighted by molar-refractivity contribution is -0.167. The first-order valence-corrected chi connectivity index (χ1v) is 5.82. The Morgan fingerprint density at radius 1 is 1.12 bits per heavy atom. The first kappa shape index (κ1) is 13.8. The van der Waals surface area contributed by atoms with Crippen LogP contribution in [-0.2, 0) is 4.74 Å². The molecule has 1 aliphatic heterocycles. The molecule has 16 heavy (non-hydrogen) atoms. The van der Waals surface area contributed by atoms with E-state index in [0.717, 1.165) is 0 Å². The Morgan fingerprint density at radius 3 is 2.19 bits per heavy atom. The van der Waals surface area contributed by atoms with Crippen LogP contribution in [0.2, 0.25) is 0 Å². The van der Waals surface area contributed by atoms with Crippen molar-refractivity contribution in [3.8, 4) is 0 Å². The minimum atomic E-state index is -1.37. The lowest BCUT2D eigenvalue weighted by Crippen LogP contribution is -2.48. The predicted molar refractivity (Wildman–Crippen MR) is 58.1 cm³/mol. The molecule has 5 atom stereocenters. The molecule has 1 aliphatic rings. The second-order valence-electron chi connectivity index (χ2n) is 4.84. The van der Waals surface area contributed by atoms with Gasteiger partial charge in [0.05, 0.1) is 18.8 Å². The van der Waals surface area contributed by atoms with Gasteiger partial charge in [0, 0.05) is 6.42 Å². The number of hydrogen-bond acceptors (Lipinski definition) is 4. The van der Waals surface area contributed by atoms with Crippen LogP contribution in [0.3, 0.4) is 0 Å². The lowest BCUT2D eigenvalue weighted by Gasteiger charge is -2.43. The van der Waals surface area contributed by atoms with E-state index in [4.69, 9.17) is 14.9 Å². The summed E-state index contributed by atoms with van der Waals surface area (Å²) in [6.45, 7) is 6.32. The highest BCUT2D eigenvalue weighted by molar-refractivity contribution is 4.86. The van der Waals surface area contributed by atoms with Crippen molar-refractivity contribution >= 4 is 0 Å². The normalized spacial score (nSPS) is 40.3. The highest BCUT2D eigenvalue weighted by Gasteiger charge is 2.39. The van der Waals surface area contributed by atoms with Crippen LogP contribution in [0, 0.1) is 17.8 Å². The van der Waals surface area contributed by atoms with Gasteiger partial charge in [-0.1, -0.05) is 20.8 Å². The Labute approximate surface area is 95.7 Å². The zero-order valence-corrected chi connectivity index (χ0v) is 10.1. The molecule has 96 valence electrons. The lowest BCUT2D eigenvalue weighted by atomic mass is 9.75. The Balaban J connectivity index is 2.65. The van der Waals surface area contributed by atoms with E-state index in [1.54, 1.807) is 5.54 Å². The number of aliphatic hydroxyl groups excluding tert-OH is 1. The van der Waals surface area contributed by atoms with Gasteiger partial charge >= 0.3 is 0 Å². The minimum absolute atomic E-state index is 0.149. The summed E-state index contributed by atoms with van der Waals surface area (Å²) in [7, 11) is 0. The zero-order chi connectivity index (χ0) is 12.3. The maximum absolute atomic E-state index is 12.1. The molecule has 0 aliphatic carbocycles. The minimum Gasteiger partial charge on any atom is -0.373 e. The Morgan fingerprint density at radius 2 is 1.69 bits per heavy atom. The fraction of sp³-hybridized carbons (Fsp3) is 1.00. The van der Waals surface area contributed by atoms with Gasteiger partial charge in [0.15, 0.2) is 6.29 Å². The third kappa shape index (κ3) is 3.13. The number of rotatable bonds is 4. The quantitative estimate of drug-likeness (QED) is 0.499. The molecule has 0 spiro atoms. The molecule has 1 saturated heterocycles. The zero-order valence-electron chi connectivity index (χ0n) is 10.1. The van der Waals surface area contributed by atoms with Gasteiger partial charge < -0.3 is 14.9 Å². The van der Waals surface area contributed by atoms with Crippen LogP contribution < -0.4 is 5.54 Å². The Bertz CT molecular complexity index is 215. The topological polar surface area (TPSA) is 61.7 Å². The van der Waals surface area contributed by atoms with E-state index >= 15 is 0 Å². The summed E-state index contributed by atoms with van der Waals surface area (Å²) < 4.78 is 17.8. The van der Waals surface area contributed by atoms with Crippen molar-refractivity contribution in [1.82, 2.24) is 5.54 Å². The molecule has 0 bridgehead atoms. The Kier molecular flexibility index (Phi) is 5.11. The van der Waals surface area contributed by atoms with Gasteiger partial charge in [-0.2, -0.15) is 5.54 Å². The van der Waals surface area contributed by atoms with Crippen LogP contribution in [0.4, 0.5) is 4.48 Å². The van der Waals surface area contributed by atoms with Crippen LogP contribution in [0.1, 0.15) is 27.2 Å². The van der Waals surface area contributed by atoms with Crippen molar-refractivity contribution in [2.45, 2.75) is 45.7 Å². The van der Waals surface area contributed by atoms with E-state index in [-0.39, 0.29) is 37.0 Å². The summed E-state index contributed by atoms with van der Waals surface area (Å²) in [5, 5.41) is 18.0. The molecule has 1 fully saturated rings. The van der Waals surface area contributed by atoms with E-state index in [0.29, 0.717) is 5.92 Å². The number of aliphatic hydroxyl groups is 2. The van der Waals surface area contributed by atoms with E-state index < -0.39 is 6.29 Å². The van der Waals surface area contributed by atoms with Crippen LogP contribution in [0.25, 0.3) is 0 Å². The van der Waals surface area contributed by atoms with Crippen molar-refractivity contribution in [3.05, 3.63) is 0 Å². The van der Waals surface area contributed by atoms with Crippen LogP contribution in [0.5, 0.6) is 0 Å². The molecule has 0 aromatic heterocycles.